The summed E-state index contributed by atoms with van der Waals surface area (Å²) in [7, 11) is 1.61. The molecule has 1 saturated heterocycles. The van der Waals surface area contributed by atoms with Crippen molar-refractivity contribution in [3.8, 4) is 17.2 Å². The Morgan fingerprint density at radius 1 is 1.15 bits per heavy atom. The van der Waals surface area contributed by atoms with Crippen LogP contribution in [0.1, 0.15) is 5.56 Å². The lowest BCUT2D eigenvalue weighted by molar-refractivity contribution is -0.115. The van der Waals surface area contributed by atoms with Gasteiger partial charge in [0.15, 0.2) is 0 Å². The Hall–Kier alpha value is -2.22. The highest BCUT2D eigenvalue weighted by Gasteiger charge is 2.22. The van der Waals surface area contributed by atoms with Crippen LogP contribution >= 0.6 is 35.6 Å². The van der Waals surface area contributed by atoms with Gasteiger partial charge in [0.05, 0.1) is 12.0 Å². The first-order chi connectivity index (χ1) is 13.0. The molecule has 0 aliphatic carbocycles. The quantitative estimate of drug-likeness (QED) is 0.408. The molecule has 0 unspecified atom stereocenters. The van der Waals surface area contributed by atoms with E-state index >= 15 is 0 Å². The molecular formula is C19H16ClNO4S2. The molecule has 1 aliphatic heterocycles. The number of methoxy groups -OCH3 is 1. The normalized spacial score (nSPS) is 15.0. The van der Waals surface area contributed by atoms with Crippen molar-refractivity contribution in [3.05, 3.63) is 58.0 Å². The van der Waals surface area contributed by atoms with Gasteiger partial charge in [0.1, 0.15) is 34.8 Å². The van der Waals surface area contributed by atoms with Gasteiger partial charge in [-0.1, -0.05) is 41.6 Å². The largest absolute Gasteiger partial charge is 0.497 e. The van der Waals surface area contributed by atoms with Gasteiger partial charge in [0.25, 0.3) is 5.91 Å². The maximum atomic E-state index is 11.9. The number of amides is 1. The van der Waals surface area contributed by atoms with E-state index in [-0.39, 0.29) is 5.91 Å². The molecule has 1 N–H and O–H groups in total. The highest BCUT2D eigenvalue weighted by molar-refractivity contribution is 8.26. The SMILES string of the molecule is COc1cccc(OCCOc2ccc(Cl)cc2/C=C2/SC(=S)NC2=O)c1. The van der Waals surface area contributed by atoms with Gasteiger partial charge in [-0.2, -0.15) is 0 Å². The summed E-state index contributed by atoms with van der Waals surface area (Å²) in [5, 5.41) is 3.13. The third kappa shape index (κ3) is 5.38. The Labute approximate surface area is 171 Å². The van der Waals surface area contributed by atoms with Gasteiger partial charge in [0.2, 0.25) is 0 Å². The number of hydrogen-bond acceptors (Lipinski definition) is 6. The predicted octanol–water partition coefficient (Wildman–Crippen LogP) is 4.30. The Morgan fingerprint density at radius 2 is 1.93 bits per heavy atom. The lowest BCUT2D eigenvalue weighted by Crippen LogP contribution is -2.17. The molecule has 0 bridgehead atoms. The number of nitrogens with one attached hydrogen (secondary N) is 1. The summed E-state index contributed by atoms with van der Waals surface area (Å²) in [5.41, 5.74) is 0.700. The van der Waals surface area contributed by atoms with Crippen molar-refractivity contribution in [2.45, 2.75) is 0 Å². The summed E-state index contributed by atoms with van der Waals surface area (Å²) in [6.07, 6.45) is 1.71. The molecule has 5 nitrogen and oxygen atoms in total. The second kappa shape index (κ2) is 9.12. The maximum absolute atomic E-state index is 11.9. The van der Waals surface area contributed by atoms with E-state index < -0.39 is 0 Å². The molecule has 0 radical (unpaired) electrons. The zero-order valence-corrected chi connectivity index (χ0v) is 16.7. The molecule has 1 aliphatic rings. The van der Waals surface area contributed by atoms with E-state index in [2.05, 4.69) is 5.32 Å². The number of halogens is 1. The average Bonchev–Trinajstić information content (AvgIpc) is 2.97. The number of hydrogen-bond donors (Lipinski definition) is 1. The minimum Gasteiger partial charge on any atom is -0.497 e. The molecule has 0 saturated carbocycles. The van der Waals surface area contributed by atoms with Crippen LogP contribution in [0.2, 0.25) is 5.02 Å². The Balaban J connectivity index is 1.64. The van der Waals surface area contributed by atoms with Crippen molar-refractivity contribution in [1.82, 2.24) is 5.32 Å². The molecule has 0 spiro atoms. The van der Waals surface area contributed by atoms with E-state index in [4.69, 9.17) is 38.0 Å². The van der Waals surface area contributed by atoms with Gasteiger partial charge in [-0.3, -0.25) is 4.79 Å². The first-order valence-electron chi connectivity index (χ1n) is 7.99. The van der Waals surface area contributed by atoms with Gasteiger partial charge in [-0.15, -0.1) is 0 Å². The maximum Gasteiger partial charge on any atom is 0.263 e. The van der Waals surface area contributed by atoms with Crippen molar-refractivity contribution in [3.63, 3.8) is 0 Å². The van der Waals surface area contributed by atoms with Crippen LogP contribution in [0.15, 0.2) is 47.4 Å². The molecule has 2 aromatic carbocycles. The Bertz CT molecular complexity index is 901. The first-order valence-corrected chi connectivity index (χ1v) is 9.59. The van der Waals surface area contributed by atoms with Gasteiger partial charge in [0, 0.05) is 16.7 Å². The lowest BCUT2D eigenvalue weighted by atomic mass is 10.2. The van der Waals surface area contributed by atoms with E-state index in [0.29, 0.717) is 44.5 Å². The molecule has 140 valence electrons. The summed E-state index contributed by atoms with van der Waals surface area (Å²) < 4.78 is 17.1. The number of thiocarbonyl (C=S) groups is 1. The number of rotatable bonds is 7. The van der Waals surface area contributed by atoms with Crippen molar-refractivity contribution in [1.29, 1.82) is 0 Å². The van der Waals surface area contributed by atoms with E-state index in [0.717, 1.165) is 5.75 Å². The number of carbonyl (C=O) groups excluding carboxylic acids is 1. The highest BCUT2D eigenvalue weighted by atomic mass is 35.5. The van der Waals surface area contributed by atoms with Crippen LogP contribution in [0.3, 0.4) is 0 Å². The topological polar surface area (TPSA) is 56.8 Å². The molecule has 0 aromatic heterocycles. The van der Waals surface area contributed by atoms with Crippen LogP contribution in [0.4, 0.5) is 0 Å². The van der Waals surface area contributed by atoms with Crippen molar-refractivity contribution < 1.29 is 19.0 Å². The van der Waals surface area contributed by atoms with Crippen LogP contribution in [0.25, 0.3) is 6.08 Å². The van der Waals surface area contributed by atoms with Crippen LogP contribution in [-0.4, -0.2) is 30.6 Å². The minimum absolute atomic E-state index is 0.225. The summed E-state index contributed by atoms with van der Waals surface area (Å²) >= 11 is 12.3. The van der Waals surface area contributed by atoms with Gasteiger partial charge in [-0.05, 0) is 36.4 Å². The van der Waals surface area contributed by atoms with Crippen LogP contribution < -0.4 is 19.5 Å². The molecule has 2 aromatic rings. The molecule has 1 heterocycles. The van der Waals surface area contributed by atoms with Gasteiger partial charge in [-0.25, -0.2) is 0 Å². The fraction of sp³-hybridized carbons (Fsp3) is 0.158. The summed E-state index contributed by atoms with van der Waals surface area (Å²) in [4.78, 5) is 12.4. The van der Waals surface area contributed by atoms with Crippen molar-refractivity contribution in [2.75, 3.05) is 20.3 Å². The molecular weight excluding hydrogens is 406 g/mol. The van der Waals surface area contributed by atoms with Crippen molar-refractivity contribution in [2.24, 2.45) is 0 Å². The van der Waals surface area contributed by atoms with Crippen LogP contribution in [-0.2, 0) is 4.79 Å². The molecule has 27 heavy (non-hydrogen) atoms. The average molecular weight is 422 g/mol. The smallest absolute Gasteiger partial charge is 0.263 e. The first kappa shape index (κ1) is 19.5. The minimum atomic E-state index is -0.225. The summed E-state index contributed by atoms with van der Waals surface area (Å²) in [6, 6.07) is 12.6. The fourth-order valence-electron chi connectivity index (χ4n) is 2.33. The molecule has 1 amide bonds. The van der Waals surface area contributed by atoms with Crippen LogP contribution in [0, 0.1) is 0 Å². The molecule has 1 fully saturated rings. The van der Waals surface area contributed by atoms with Crippen LogP contribution in [0.5, 0.6) is 17.2 Å². The molecule has 3 rings (SSSR count). The third-order valence-electron chi connectivity index (χ3n) is 3.55. The van der Waals surface area contributed by atoms with Crippen molar-refractivity contribution >= 4 is 51.9 Å². The second-order valence-electron chi connectivity index (χ2n) is 5.41. The zero-order valence-electron chi connectivity index (χ0n) is 14.4. The lowest BCUT2D eigenvalue weighted by Gasteiger charge is -2.11. The highest BCUT2D eigenvalue weighted by Crippen LogP contribution is 2.31. The predicted molar refractivity (Wildman–Crippen MR) is 112 cm³/mol. The van der Waals surface area contributed by atoms with E-state index in [1.54, 1.807) is 37.5 Å². The second-order valence-corrected chi connectivity index (χ2v) is 7.57. The third-order valence-corrected chi connectivity index (χ3v) is 4.95. The van der Waals surface area contributed by atoms with E-state index in [9.17, 15) is 4.79 Å². The number of carbonyl (C=O) groups is 1. The number of ether oxygens (including phenoxy) is 3. The Morgan fingerprint density at radius 3 is 2.67 bits per heavy atom. The number of benzene rings is 2. The molecule has 0 atom stereocenters. The standard InChI is InChI=1S/C19H16ClNO4S2/c1-23-14-3-2-4-15(11-14)24-7-8-25-16-6-5-13(20)9-12(16)10-17-18(22)21-19(26)27-17/h2-6,9-11H,7-8H2,1H3,(H,21,22,26)/b17-10+. The van der Waals surface area contributed by atoms with Gasteiger partial charge >= 0.3 is 0 Å². The monoisotopic (exact) mass is 421 g/mol. The van der Waals surface area contributed by atoms with E-state index in [1.165, 1.54) is 11.8 Å². The Kier molecular flexibility index (Phi) is 6.60. The fourth-order valence-corrected chi connectivity index (χ4v) is 3.54. The number of thioether (sulfide) groups is 1. The summed E-state index contributed by atoms with van der Waals surface area (Å²) in [5.74, 6) is 1.80. The summed E-state index contributed by atoms with van der Waals surface area (Å²) in [6.45, 7) is 0.678. The van der Waals surface area contributed by atoms with Gasteiger partial charge < -0.3 is 19.5 Å². The molecule has 8 heteroatoms. The van der Waals surface area contributed by atoms with E-state index in [1.807, 2.05) is 18.2 Å². The zero-order chi connectivity index (χ0) is 19.2.